The molecule has 3 aliphatic heterocycles. The normalized spacial score (nSPS) is 29.7. The number of benzene rings is 1. The minimum absolute atomic E-state index is 0. The molecule has 10 nitrogen and oxygen atoms in total. The van der Waals surface area contributed by atoms with Gasteiger partial charge in [-0.2, -0.15) is 0 Å². The van der Waals surface area contributed by atoms with Crippen molar-refractivity contribution in [2.75, 3.05) is 0 Å². The molecule has 1 aromatic rings. The van der Waals surface area contributed by atoms with Gasteiger partial charge in [0.15, 0.2) is 6.10 Å². The summed E-state index contributed by atoms with van der Waals surface area (Å²) in [5, 5.41) is -4.97. The third kappa shape index (κ3) is 4.08. The number of fused-ring (bicyclic) bond motifs is 1. The summed E-state index contributed by atoms with van der Waals surface area (Å²) < 4.78 is 74.8. The number of carbonyl (C=O) groups is 3. The summed E-state index contributed by atoms with van der Waals surface area (Å²) >= 11 is 0. The fourth-order valence-corrected chi connectivity index (χ4v) is 5.00. The zero-order valence-corrected chi connectivity index (χ0v) is 26.1. The van der Waals surface area contributed by atoms with E-state index in [9.17, 15) is 36.1 Å². The summed E-state index contributed by atoms with van der Waals surface area (Å²) in [6, 6.07) is 7.21. The van der Waals surface area contributed by atoms with Crippen molar-refractivity contribution in [3.8, 4) is 0 Å². The van der Waals surface area contributed by atoms with Gasteiger partial charge in [-0.3, -0.25) is 9.59 Å². The Morgan fingerprint density at radius 3 is 2.29 bits per heavy atom. The Kier molecular flexibility index (Phi) is 6.11. The molecule has 2 bridgehead atoms. The molecule has 188 valence electrons. The van der Waals surface area contributed by atoms with E-state index in [4.69, 9.17) is 9.47 Å². The van der Waals surface area contributed by atoms with Crippen LogP contribution in [0.2, 0.25) is 0 Å². The predicted molar refractivity (Wildman–Crippen MR) is 107 cm³/mol. The van der Waals surface area contributed by atoms with E-state index >= 15 is 0 Å². The predicted octanol–water partition coefficient (Wildman–Crippen LogP) is 1.08. The SMILES string of the molecule is CC(C)(C)N1C(=O)C2C3OC(C(OC(=O)c4ccccc4)C31)C2C(=O)O[CH-]C(F)(F)S(=O)(=O)[O-].[Rf]. The standard InChI is InChI=1S/C21H22F2NO9S.Rf/c1-20(2,3)24-13-14-11(17(24)25)12(19(27)31-9-21(22,23)34(28,29)30)15(32-14)16(13)33-18(26)10-7-5-4-6-8-10;/h4-9,11-16H,1-3H3,(H,28,29,30);/q-1;/p-1. The fraction of sp³-hybridized carbons (Fsp3) is 0.524. The van der Waals surface area contributed by atoms with E-state index in [1.165, 1.54) is 17.0 Å². The van der Waals surface area contributed by atoms with E-state index in [0.29, 0.717) is 0 Å². The van der Waals surface area contributed by atoms with Gasteiger partial charge in [0.1, 0.15) is 16.2 Å². The van der Waals surface area contributed by atoms with Gasteiger partial charge >= 0.3 is 5.97 Å². The number of carbonyl (C=O) groups excluding carboxylic acids is 3. The first kappa shape index (κ1) is 26.0. The van der Waals surface area contributed by atoms with Gasteiger partial charge in [-0.1, -0.05) is 24.8 Å². The van der Waals surface area contributed by atoms with Crippen molar-refractivity contribution in [2.45, 2.75) is 55.9 Å². The topological polar surface area (TPSA) is 139 Å². The molecular weight excluding hydrogens is 747 g/mol. The van der Waals surface area contributed by atoms with Gasteiger partial charge in [-0.15, -0.1) is 0 Å². The van der Waals surface area contributed by atoms with Gasteiger partial charge in [0.25, 0.3) is 11.2 Å². The third-order valence-electron chi connectivity index (χ3n) is 6.12. The number of esters is 2. The van der Waals surface area contributed by atoms with Crippen LogP contribution in [0.4, 0.5) is 8.78 Å². The van der Waals surface area contributed by atoms with Crippen molar-refractivity contribution in [2.24, 2.45) is 11.8 Å². The average molecular weight is 768 g/mol. The summed E-state index contributed by atoms with van der Waals surface area (Å²) in [6.45, 7) is 4.53. The minimum Gasteiger partial charge on any atom is -0.746 e. The van der Waals surface area contributed by atoms with Crippen LogP contribution in [0.15, 0.2) is 30.3 Å². The zero-order chi connectivity index (χ0) is 25.2. The smallest absolute Gasteiger partial charge is 0.338 e. The summed E-state index contributed by atoms with van der Waals surface area (Å²) in [5.74, 6) is -5.23. The maximum Gasteiger partial charge on any atom is 0.338 e. The first-order valence-electron chi connectivity index (χ1n) is 10.3. The zero-order valence-electron chi connectivity index (χ0n) is 18.9. The molecule has 0 aromatic heterocycles. The van der Waals surface area contributed by atoms with Crippen LogP contribution in [0, 0.1) is 18.4 Å². The van der Waals surface area contributed by atoms with Crippen LogP contribution in [-0.4, -0.2) is 70.9 Å². The third-order valence-corrected chi connectivity index (χ3v) is 6.88. The molecule has 3 aliphatic rings. The quantitative estimate of drug-likeness (QED) is 0.237. The number of likely N-dealkylation sites (tertiary alicyclic amines) is 1. The minimum atomic E-state index is -6.13. The molecule has 14 heteroatoms. The molecule has 3 heterocycles. The van der Waals surface area contributed by atoms with Crippen molar-refractivity contribution in [3.63, 3.8) is 0 Å². The van der Waals surface area contributed by atoms with Crippen LogP contribution < -0.4 is 0 Å². The van der Waals surface area contributed by atoms with Crippen molar-refractivity contribution >= 4 is 28.0 Å². The van der Waals surface area contributed by atoms with Crippen LogP contribution in [-0.2, 0) is 33.9 Å². The molecule has 3 saturated heterocycles. The van der Waals surface area contributed by atoms with Gasteiger partial charge in [0.2, 0.25) is 5.91 Å². The molecule has 3 fully saturated rings. The van der Waals surface area contributed by atoms with Gasteiger partial charge in [-0.05, 0) is 32.9 Å². The van der Waals surface area contributed by atoms with E-state index in [2.05, 4.69) is 4.74 Å². The van der Waals surface area contributed by atoms with Gasteiger partial charge in [-0.25, -0.2) is 22.0 Å². The van der Waals surface area contributed by atoms with Crippen LogP contribution in [0.25, 0.3) is 0 Å². The van der Waals surface area contributed by atoms with E-state index in [-0.39, 0.29) is 5.56 Å². The Hall–Kier alpha value is -3.64. The van der Waals surface area contributed by atoms with E-state index in [1.54, 1.807) is 39.0 Å². The van der Waals surface area contributed by atoms with Crippen molar-refractivity contribution < 1.29 is 50.3 Å². The first-order chi connectivity index (χ1) is 15.6. The van der Waals surface area contributed by atoms with Crippen molar-refractivity contribution in [1.82, 2.24) is 4.90 Å². The molecule has 35 heavy (non-hydrogen) atoms. The number of amides is 1. The Balaban J connectivity index is 0.00000342. The molecule has 6 unspecified atom stereocenters. The molecule has 0 spiro atoms. The molecule has 6 atom stereocenters. The second-order valence-corrected chi connectivity index (χ2v) is 10.7. The Morgan fingerprint density at radius 1 is 1.14 bits per heavy atom. The number of alkyl halides is 2. The second kappa shape index (κ2) is 8.24. The molecule has 4 rings (SSSR count). The Bertz CT molecular complexity index is 1130. The molecule has 1 aromatic carbocycles. The number of hydrogen-bond donors (Lipinski definition) is 0. The molecule has 0 saturated carbocycles. The van der Waals surface area contributed by atoms with Crippen LogP contribution in [0.3, 0.4) is 0 Å². The average Bonchev–Trinajstić information content (AvgIpc) is 3.34. The molecule has 0 radical (unpaired) electrons. The van der Waals surface area contributed by atoms with Crippen molar-refractivity contribution in [3.05, 3.63) is 42.5 Å². The van der Waals surface area contributed by atoms with Crippen LogP contribution in [0.5, 0.6) is 0 Å². The molecular formula is C21H21F2NO9RfS-2. The summed E-state index contributed by atoms with van der Waals surface area (Å²) in [6.07, 6.45) is -3.21. The second-order valence-electron chi connectivity index (χ2n) is 9.29. The molecule has 0 N–H and O–H groups in total. The van der Waals surface area contributed by atoms with Gasteiger partial charge in [0, 0.05) is 5.54 Å². The number of halogens is 2. The van der Waals surface area contributed by atoms with E-state index < -0.39 is 81.6 Å². The first-order valence-corrected chi connectivity index (χ1v) is 11.7. The number of hydrogen-bond acceptors (Lipinski definition) is 9. The Morgan fingerprint density at radius 2 is 1.74 bits per heavy atom. The summed E-state index contributed by atoms with van der Waals surface area (Å²) in [4.78, 5) is 40.1. The largest absolute Gasteiger partial charge is 0.746 e. The Labute approximate surface area is 193 Å². The number of nitrogens with zero attached hydrogens (tertiary/aromatic N) is 1. The number of rotatable bonds is 6. The number of ether oxygens (including phenoxy) is 3. The summed E-state index contributed by atoms with van der Waals surface area (Å²) in [7, 11) is -6.13. The van der Waals surface area contributed by atoms with Crippen LogP contribution >= 0.6 is 0 Å². The van der Waals surface area contributed by atoms with Gasteiger partial charge < -0.3 is 23.7 Å². The van der Waals surface area contributed by atoms with Crippen molar-refractivity contribution in [1.29, 1.82) is 0 Å². The van der Waals surface area contributed by atoms with Gasteiger partial charge in [0.05, 0.1) is 29.5 Å². The maximum atomic E-state index is 13.5. The van der Waals surface area contributed by atoms with Crippen LogP contribution in [0.1, 0.15) is 31.1 Å². The summed E-state index contributed by atoms with van der Waals surface area (Å²) in [5.41, 5.74) is -0.555. The maximum absolute atomic E-state index is 13.5. The molecule has 0 aliphatic carbocycles. The van der Waals surface area contributed by atoms with E-state index in [1.807, 2.05) is 0 Å². The van der Waals surface area contributed by atoms with E-state index in [0.717, 1.165) is 0 Å². The fourth-order valence-electron chi connectivity index (χ4n) is 4.84. The molecule has 1 amide bonds. The monoisotopic (exact) mass is 768 g/mol.